The summed E-state index contributed by atoms with van der Waals surface area (Å²) in [7, 11) is 1.24. The van der Waals surface area contributed by atoms with Gasteiger partial charge >= 0.3 is 5.97 Å². The molecule has 1 aromatic rings. The number of phenols is 2. The number of aromatic hydroxyl groups is 2. The monoisotopic (exact) mass is 207 g/mol. The van der Waals surface area contributed by atoms with Crippen molar-refractivity contribution in [3.05, 3.63) is 23.3 Å². The third-order valence-corrected chi connectivity index (χ3v) is 1.84. The molecule has 0 aliphatic carbocycles. The molecule has 0 bridgehead atoms. The van der Waals surface area contributed by atoms with E-state index < -0.39 is 5.97 Å². The number of phenolic OH excluding ortho intramolecular Hbond substituents is 2. The van der Waals surface area contributed by atoms with Crippen molar-refractivity contribution in [2.24, 2.45) is 0 Å². The van der Waals surface area contributed by atoms with Gasteiger partial charge < -0.3 is 14.9 Å². The Labute approximate surface area is 86.1 Å². The van der Waals surface area contributed by atoms with Crippen LogP contribution < -0.4 is 0 Å². The van der Waals surface area contributed by atoms with Gasteiger partial charge in [-0.25, -0.2) is 0 Å². The molecule has 0 aliphatic rings. The number of esters is 1. The molecule has 5 nitrogen and oxygen atoms in total. The second kappa shape index (κ2) is 4.33. The quantitative estimate of drug-likeness (QED) is 0.696. The molecule has 0 aliphatic heterocycles. The van der Waals surface area contributed by atoms with E-state index in [-0.39, 0.29) is 23.5 Å². The Morgan fingerprint density at radius 1 is 1.47 bits per heavy atom. The van der Waals surface area contributed by atoms with Crippen molar-refractivity contribution in [1.82, 2.24) is 0 Å². The highest BCUT2D eigenvalue weighted by molar-refractivity contribution is 5.73. The molecule has 0 saturated heterocycles. The second-order valence-corrected chi connectivity index (χ2v) is 2.87. The normalized spacial score (nSPS) is 9.33. The topological polar surface area (TPSA) is 90.5 Å². The van der Waals surface area contributed by atoms with Crippen molar-refractivity contribution < 1.29 is 19.7 Å². The number of hydrogen-bond acceptors (Lipinski definition) is 5. The van der Waals surface area contributed by atoms with Crippen LogP contribution in [0.4, 0.5) is 0 Å². The first-order chi connectivity index (χ1) is 7.08. The predicted octanol–water partition coefficient (Wildman–Crippen LogP) is 0.685. The number of nitrogens with zero attached hydrogens (tertiary/aromatic N) is 1. The number of hydrogen-bond donors (Lipinski definition) is 2. The number of carbonyl (C=O) groups excluding carboxylic acids is 1. The molecule has 2 N–H and O–H groups in total. The summed E-state index contributed by atoms with van der Waals surface area (Å²) in [6, 6.07) is 4.13. The summed E-state index contributed by atoms with van der Waals surface area (Å²) >= 11 is 0. The number of methoxy groups -OCH3 is 1. The molecule has 15 heavy (non-hydrogen) atoms. The van der Waals surface area contributed by atoms with E-state index in [1.807, 2.05) is 0 Å². The summed E-state index contributed by atoms with van der Waals surface area (Å²) in [6.45, 7) is 0. The molecule has 0 fully saturated rings. The highest BCUT2D eigenvalue weighted by Crippen LogP contribution is 2.27. The van der Waals surface area contributed by atoms with E-state index in [1.54, 1.807) is 6.07 Å². The van der Waals surface area contributed by atoms with E-state index in [2.05, 4.69) is 4.74 Å². The third-order valence-electron chi connectivity index (χ3n) is 1.84. The first kappa shape index (κ1) is 10.9. The zero-order valence-corrected chi connectivity index (χ0v) is 8.02. The van der Waals surface area contributed by atoms with Crippen molar-refractivity contribution in [3.8, 4) is 17.6 Å². The van der Waals surface area contributed by atoms with Crippen LogP contribution in [0.3, 0.4) is 0 Å². The maximum absolute atomic E-state index is 10.9. The minimum absolute atomic E-state index is 0.0661. The van der Waals surface area contributed by atoms with E-state index in [0.29, 0.717) is 5.56 Å². The van der Waals surface area contributed by atoms with Crippen molar-refractivity contribution in [1.29, 1.82) is 5.26 Å². The number of carbonyl (C=O) groups is 1. The average molecular weight is 207 g/mol. The molecular weight excluding hydrogens is 198 g/mol. The molecule has 0 atom stereocenters. The minimum Gasteiger partial charge on any atom is -0.506 e. The summed E-state index contributed by atoms with van der Waals surface area (Å²) < 4.78 is 4.42. The Balaban J connectivity index is 3.05. The average Bonchev–Trinajstić information content (AvgIpc) is 2.17. The molecule has 1 aromatic carbocycles. The Hall–Kier alpha value is -2.22. The predicted molar refractivity (Wildman–Crippen MR) is 50.2 cm³/mol. The molecule has 0 amide bonds. The molecule has 0 spiro atoms. The summed E-state index contributed by atoms with van der Waals surface area (Å²) in [5, 5.41) is 27.2. The molecule has 0 unspecified atom stereocenters. The zero-order chi connectivity index (χ0) is 11.4. The van der Waals surface area contributed by atoms with Crippen LogP contribution in [0.1, 0.15) is 11.1 Å². The van der Waals surface area contributed by atoms with Gasteiger partial charge in [0.2, 0.25) is 0 Å². The lowest BCUT2D eigenvalue weighted by Gasteiger charge is -2.04. The fourth-order valence-corrected chi connectivity index (χ4v) is 1.12. The van der Waals surface area contributed by atoms with Crippen molar-refractivity contribution in [2.75, 3.05) is 7.11 Å². The van der Waals surface area contributed by atoms with E-state index >= 15 is 0 Å². The maximum atomic E-state index is 10.9. The van der Waals surface area contributed by atoms with Gasteiger partial charge in [-0.15, -0.1) is 0 Å². The Kier molecular flexibility index (Phi) is 3.13. The van der Waals surface area contributed by atoms with Crippen molar-refractivity contribution in [3.63, 3.8) is 0 Å². The largest absolute Gasteiger partial charge is 0.506 e. The van der Waals surface area contributed by atoms with Crippen molar-refractivity contribution >= 4 is 5.97 Å². The van der Waals surface area contributed by atoms with E-state index in [4.69, 9.17) is 5.26 Å². The highest BCUT2D eigenvalue weighted by atomic mass is 16.5. The number of rotatable bonds is 2. The maximum Gasteiger partial charge on any atom is 0.309 e. The van der Waals surface area contributed by atoms with E-state index in [9.17, 15) is 15.0 Å². The fourth-order valence-electron chi connectivity index (χ4n) is 1.12. The highest BCUT2D eigenvalue weighted by Gasteiger charge is 2.11. The van der Waals surface area contributed by atoms with Crippen LogP contribution in [0, 0.1) is 11.3 Å². The summed E-state index contributed by atoms with van der Waals surface area (Å²) in [4.78, 5) is 10.9. The Bertz CT molecular complexity index is 411. The van der Waals surface area contributed by atoms with Crippen LogP contribution >= 0.6 is 0 Å². The van der Waals surface area contributed by atoms with Gasteiger partial charge in [-0.1, -0.05) is 0 Å². The zero-order valence-electron chi connectivity index (χ0n) is 8.02. The molecule has 0 radical (unpaired) electrons. The first-order valence-corrected chi connectivity index (χ1v) is 4.10. The van der Waals surface area contributed by atoms with Crippen LogP contribution in [-0.4, -0.2) is 23.3 Å². The second-order valence-electron chi connectivity index (χ2n) is 2.87. The number of benzene rings is 1. The molecule has 0 heterocycles. The third kappa shape index (κ3) is 2.38. The van der Waals surface area contributed by atoms with E-state index in [0.717, 1.165) is 0 Å². The number of nitriles is 1. The first-order valence-electron chi connectivity index (χ1n) is 4.10. The van der Waals surface area contributed by atoms with Crippen LogP contribution in [0.15, 0.2) is 12.1 Å². The van der Waals surface area contributed by atoms with Gasteiger partial charge in [0.1, 0.15) is 23.1 Å². The molecule has 78 valence electrons. The van der Waals surface area contributed by atoms with Gasteiger partial charge in [-0.3, -0.25) is 4.79 Å². The van der Waals surface area contributed by atoms with Gasteiger partial charge in [-0.2, -0.15) is 5.26 Å². The lowest BCUT2D eigenvalue weighted by molar-refractivity contribution is -0.139. The van der Waals surface area contributed by atoms with Crippen LogP contribution in [-0.2, 0) is 16.0 Å². The molecule has 1 rings (SSSR count). The van der Waals surface area contributed by atoms with Crippen molar-refractivity contribution in [2.45, 2.75) is 6.42 Å². The van der Waals surface area contributed by atoms with Gasteiger partial charge in [0.15, 0.2) is 0 Å². The van der Waals surface area contributed by atoms with Crippen LogP contribution in [0.25, 0.3) is 0 Å². The van der Waals surface area contributed by atoms with Gasteiger partial charge in [0.05, 0.1) is 13.5 Å². The van der Waals surface area contributed by atoms with Gasteiger partial charge in [-0.05, 0) is 17.7 Å². The fraction of sp³-hybridized carbons (Fsp3) is 0.200. The Morgan fingerprint density at radius 2 is 2.00 bits per heavy atom. The molecule has 5 heteroatoms. The van der Waals surface area contributed by atoms with Gasteiger partial charge in [0.25, 0.3) is 0 Å². The summed E-state index contributed by atoms with van der Waals surface area (Å²) in [5.41, 5.74) is 0.180. The lowest BCUT2D eigenvalue weighted by atomic mass is 10.1. The number of ether oxygens (including phenoxy) is 1. The smallest absolute Gasteiger partial charge is 0.309 e. The molecular formula is C10H9NO4. The summed E-state index contributed by atoms with van der Waals surface area (Å²) in [5.74, 6) is -1.19. The van der Waals surface area contributed by atoms with Crippen LogP contribution in [0.2, 0.25) is 0 Å². The molecule has 0 saturated carbocycles. The van der Waals surface area contributed by atoms with Crippen LogP contribution in [0.5, 0.6) is 11.5 Å². The van der Waals surface area contributed by atoms with Gasteiger partial charge in [0, 0.05) is 0 Å². The lowest BCUT2D eigenvalue weighted by Crippen LogP contribution is -2.04. The SMILES string of the molecule is COC(=O)Cc1cc(O)c(C#N)c(O)c1. The van der Waals surface area contributed by atoms with E-state index in [1.165, 1.54) is 19.2 Å². The molecule has 0 aromatic heterocycles. The standard InChI is InChI=1S/C10H9NO4/c1-15-10(14)4-6-2-8(12)7(5-11)9(13)3-6/h2-3,12-13H,4H2,1H3. The summed E-state index contributed by atoms with van der Waals surface area (Å²) in [6.07, 6.45) is -0.0661. The minimum atomic E-state index is -0.487. The Morgan fingerprint density at radius 3 is 2.40 bits per heavy atom.